The number of aromatic nitrogens is 2. The van der Waals surface area contributed by atoms with Gasteiger partial charge in [-0.1, -0.05) is 30.2 Å². The van der Waals surface area contributed by atoms with Crippen molar-refractivity contribution in [3.8, 4) is 5.75 Å². The Morgan fingerprint density at radius 1 is 1.30 bits per heavy atom. The second-order valence-electron chi connectivity index (χ2n) is 5.85. The zero-order valence-corrected chi connectivity index (χ0v) is 16.2. The third-order valence-corrected chi connectivity index (χ3v) is 4.23. The Morgan fingerprint density at radius 3 is 2.78 bits per heavy atom. The maximum absolute atomic E-state index is 11.9. The van der Waals surface area contributed by atoms with Gasteiger partial charge in [-0.25, -0.2) is 8.42 Å². The molecule has 0 aliphatic carbocycles. The van der Waals surface area contributed by atoms with E-state index in [1.54, 1.807) is 6.08 Å². The normalized spacial score (nSPS) is 11.6. The lowest BCUT2D eigenvalue weighted by molar-refractivity contribution is -0.116. The molecule has 2 rings (SSSR count). The van der Waals surface area contributed by atoms with Crippen molar-refractivity contribution in [2.75, 3.05) is 19.4 Å². The number of sulfone groups is 1. The van der Waals surface area contributed by atoms with Crippen molar-refractivity contribution < 1.29 is 22.4 Å². The van der Waals surface area contributed by atoms with E-state index in [1.807, 2.05) is 31.2 Å². The molecule has 1 aromatic carbocycles. The standard InChI is InChI=1S/C18H23N3O5S/c1-3-13-25-15-8-5-4-7-14(15)10-11-16(22)19-12-6-9-17-20-21-18(26-17)27(2,23)24/h4-5,7-8,10-11H,3,6,9,12-13H2,1-2H3,(H,19,22)/b11-10+. The van der Waals surface area contributed by atoms with E-state index in [1.165, 1.54) is 6.08 Å². The number of hydrogen-bond acceptors (Lipinski definition) is 7. The molecule has 27 heavy (non-hydrogen) atoms. The molecule has 8 nitrogen and oxygen atoms in total. The predicted octanol–water partition coefficient (Wildman–Crippen LogP) is 2.02. The summed E-state index contributed by atoms with van der Waals surface area (Å²) in [7, 11) is -3.50. The van der Waals surface area contributed by atoms with Gasteiger partial charge < -0.3 is 14.5 Å². The van der Waals surface area contributed by atoms with Crippen molar-refractivity contribution in [3.63, 3.8) is 0 Å². The molecule has 0 unspecified atom stereocenters. The van der Waals surface area contributed by atoms with Gasteiger partial charge in [0.25, 0.3) is 0 Å². The van der Waals surface area contributed by atoms with E-state index in [0.717, 1.165) is 24.0 Å². The fourth-order valence-corrected chi connectivity index (χ4v) is 2.56. The van der Waals surface area contributed by atoms with Crippen LogP contribution in [0.2, 0.25) is 0 Å². The Balaban J connectivity index is 1.78. The van der Waals surface area contributed by atoms with E-state index in [-0.39, 0.29) is 11.8 Å². The van der Waals surface area contributed by atoms with Crippen molar-refractivity contribution in [3.05, 3.63) is 41.8 Å². The van der Waals surface area contributed by atoms with Gasteiger partial charge in [0.1, 0.15) is 5.75 Å². The van der Waals surface area contributed by atoms with Gasteiger partial charge in [-0.15, -0.1) is 5.10 Å². The lowest BCUT2D eigenvalue weighted by Gasteiger charge is -2.07. The predicted molar refractivity (Wildman–Crippen MR) is 100 cm³/mol. The highest BCUT2D eigenvalue weighted by atomic mass is 32.2. The topological polar surface area (TPSA) is 111 Å². The largest absolute Gasteiger partial charge is 0.493 e. The molecule has 0 aliphatic rings. The van der Waals surface area contributed by atoms with Crippen LogP contribution in [0, 0.1) is 0 Å². The zero-order valence-electron chi connectivity index (χ0n) is 15.3. The quantitative estimate of drug-likeness (QED) is 0.485. The summed E-state index contributed by atoms with van der Waals surface area (Å²) in [6, 6.07) is 7.51. The summed E-state index contributed by atoms with van der Waals surface area (Å²) in [5, 5.41) is 9.50. The SMILES string of the molecule is CCCOc1ccccc1/C=C/C(=O)NCCCc1nnc(S(C)(=O)=O)o1. The minimum absolute atomic E-state index is 0.224. The number of nitrogens with zero attached hydrogens (tertiary/aromatic N) is 2. The molecule has 0 saturated heterocycles. The molecule has 146 valence electrons. The summed E-state index contributed by atoms with van der Waals surface area (Å²) >= 11 is 0. The van der Waals surface area contributed by atoms with Crippen LogP contribution in [0.5, 0.6) is 5.75 Å². The summed E-state index contributed by atoms with van der Waals surface area (Å²) in [4.78, 5) is 11.9. The minimum atomic E-state index is -3.50. The van der Waals surface area contributed by atoms with Crippen LogP contribution in [0.1, 0.15) is 31.2 Å². The van der Waals surface area contributed by atoms with Crippen molar-refractivity contribution in [1.82, 2.24) is 15.5 Å². The molecule has 1 amide bonds. The molecule has 0 spiro atoms. The average molecular weight is 393 g/mol. The van der Waals surface area contributed by atoms with Crippen LogP contribution in [0.25, 0.3) is 6.08 Å². The maximum atomic E-state index is 11.9. The van der Waals surface area contributed by atoms with Gasteiger partial charge in [0.05, 0.1) is 6.61 Å². The highest BCUT2D eigenvalue weighted by molar-refractivity contribution is 7.90. The van der Waals surface area contributed by atoms with Gasteiger partial charge >= 0.3 is 5.22 Å². The number of rotatable bonds is 10. The summed E-state index contributed by atoms with van der Waals surface area (Å²) in [6.45, 7) is 3.05. The highest BCUT2D eigenvalue weighted by Crippen LogP contribution is 2.19. The number of ether oxygens (including phenoxy) is 1. The Hall–Kier alpha value is -2.68. The number of benzene rings is 1. The van der Waals surface area contributed by atoms with E-state index in [2.05, 4.69) is 15.5 Å². The highest BCUT2D eigenvalue weighted by Gasteiger charge is 2.16. The molecule has 1 heterocycles. The second kappa shape index (κ2) is 9.86. The number of hydrogen-bond donors (Lipinski definition) is 1. The Morgan fingerprint density at radius 2 is 2.07 bits per heavy atom. The van der Waals surface area contributed by atoms with E-state index in [9.17, 15) is 13.2 Å². The first-order valence-corrected chi connectivity index (χ1v) is 10.5. The van der Waals surface area contributed by atoms with Gasteiger partial charge in [0.2, 0.25) is 21.6 Å². The van der Waals surface area contributed by atoms with Crippen molar-refractivity contribution in [1.29, 1.82) is 0 Å². The van der Waals surface area contributed by atoms with Gasteiger partial charge in [0.15, 0.2) is 0 Å². The third-order valence-electron chi connectivity index (χ3n) is 3.43. The van der Waals surface area contributed by atoms with Crippen molar-refractivity contribution in [2.24, 2.45) is 0 Å². The Labute approximate surface area is 158 Å². The lowest BCUT2D eigenvalue weighted by atomic mass is 10.2. The van der Waals surface area contributed by atoms with Gasteiger partial charge in [-0.3, -0.25) is 4.79 Å². The van der Waals surface area contributed by atoms with Crippen molar-refractivity contribution >= 4 is 21.8 Å². The monoisotopic (exact) mass is 393 g/mol. The molecule has 1 N–H and O–H groups in total. The van der Waals surface area contributed by atoms with Crippen LogP contribution in [-0.4, -0.2) is 43.9 Å². The Bertz CT molecular complexity index is 890. The van der Waals surface area contributed by atoms with Crippen LogP contribution in [0.4, 0.5) is 0 Å². The number of aryl methyl sites for hydroxylation is 1. The smallest absolute Gasteiger partial charge is 0.335 e. The molecule has 0 radical (unpaired) electrons. The minimum Gasteiger partial charge on any atom is -0.493 e. The van der Waals surface area contributed by atoms with Crippen molar-refractivity contribution in [2.45, 2.75) is 31.4 Å². The van der Waals surface area contributed by atoms with Crippen LogP contribution >= 0.6 is 0 Å². The van der Waals surface area contributed by atoms with Gasteiger partial charge in [-0.2, -0.15) is 0 Å². The number of para-hydroxylation sites is 1. The first-order chi connectivity index (χ1) is 12.9. The number of carbonyl (C=O) groups excluding carboxylic acids is 1. The molecule has 0 atom stereocenters. The van der Waals surface area contributed by atoms with Crippen LogP contribution in [0.15, 0.2) is 40.0 Å². The number of nitrogens with one attached hydrogen (secondary N) is 1. The molecule has 1 aromatic heterocycles. The lowest BCUT2D eigenvalue weighted by Crippen LogP contribution is -2.22. The molecule has 0 fully saturated rings. The fourth-order valence-electron chi connectivity index (χ4n) is 2.13. The van der Waals surface area contributed by atoms with Gasteiger partial charge in [0, 0.05) is 30.9 Å². The first kappa shape index (κ1) is 20.6. The summed E-state index contributed by atoms with van der Waals surface area (Å²) in [6.07, 6.45) is 5.98. The molecular weight excluding hydrogens is 370 g/mol. The second-order valence-corrected chi connectivity index (χ2v) is 7.74. The summed E-state index contributed by atoms with van der Waals surface area (Å²) in [5.41, 5.74) is 0.834. The van der Waals surface area contributed by atoms with Gasteiger partial charge in [-0.05, 0) is 25.0 Å². The summed E-state index contributed by atoms with van der Waals surface area (Å²) < 4.78 is 33.2. The summed E-state index contributed by atoms with van der Waals surface area (Å²) in [5.74, 6) is 0.728. The number of carbonyl (C=O) groups is 1. The maximum Gasteiger partial charge on any atom is 0.335 e. The average Bonchev–Trinajstić information content (AvgIpc) is 3.12. The molecule has 0 bridgehead atoms. The zero-order chi connectivity index (χ0) is 19.7. The molecule has 2 aromatic rings. The van der Waals surface area contributed by atoms with E-state index in [4.69, 9.17) is 9.15 Å². The molecule has 0 saturated carbocycles. The van der Waals surface area contributed by atoms with Crippen LogP contribution in [0.3, 0.4) is 0 Å². The number of amides is 1. The molecular formula is C18H23N3O5S. The first-order valence-electron chi connectivity index (χ1n) is 8.60. The fraction of sp³-hybridized carbons (Fsp3) is 0.389. The molecule has 0 aliphatic heterocycles. The molecule has 9 heteroatoms. The van der Waals surface area contributed by atoms with E-state index >= 15 is 0 Å². The van der Waals surface area contributed by atoms with Crippen LogP contribution in [-0.2, 0) is 21.1 Å². The third kappa shape index (κ3) is 6.86. The van der Waals surface area contributed by atoms with Crippen LogP contribution < -0.4 is 10.1 Å². The van der Waals surface area contributed by atoms with E-state index in [0.29, 0.717) is 26.0 Å². The van der Waals surface area contributed by atoms with E-state index < -0.39 is 15.1 Å². The Kier molecular flexibility index (Phi) is 7.54.